The third-order valence-corrected chi connectivity index (χ3v) is 6.00. The maximum absolute atomic E-state index is 14.9. The fraction of sp³-hybridized carbons (Fsp3) is 0.167. The number of methoxy groups -OCH3 is 1. The van der Waals surface area contributed by atoms with Crippen LogP contribution in [0, 0.1) is 23.3 Å². The van der Waals surface area contributed by atoms with Crippen molar-refractivity contribution in [1.29, 1.82) is 0 Å². The van der Waals surface area contributed by atoms with Crippen LogP contribution in [0.3, 0.4) is 0 Å². The van der Waals surface area contributed by atoms with Crippen molar-refractivity contribution < 1.29 is 27.0 Å². The fourth-order valence-corrected chi connectivity index (χ4v) is 4.34. The summed E-state index contributed by atoms with van der Waals surface area (Å²) in [6.45, 7) is 0.185. The summed E-state index contributed by atoms with van der Waals surface area (Å²) in [5.74, 6) is -4.07. The van der Waals surface area contributed by atoms with Gasteiger partial charge in [0.15, 0.2) is 5.82 Å². The Balaban J connectivity index is 2.11. The molecule has 0 aliphatic carbocycles. The maximum Gasteiger partial charge on any atom is 0.152 e. The lowest BCUT2D eigenvalue weighted by Gasteiger charge is -2.26. The molecule has 1 aliphatic rings. The molecular weight excluding hydrogens is 467 g/mol. The number of halogens is 6. The van der Waals surface area contributed by atoms with Gasteiger partial charge in [-0.15, -0.1) is 0 Å². The van der Waals surface area contributed by atoms with Gasteiger partial charge in [0.2, 0.25) is 0 Å². The van der Waals surface area contributed by atoms with Crippen molar-refractivity contribution in [2.45, 2.75) is 12.3 Å². The molecule has 32 heavy (non-hydrogen) atoms. The van der Waals surface area contributed by atoms with Gasteiger partial charge in [-0.05, 0) is 48.4 Å². The van der Waals surface area contributed by atoms with Gasteiger partial charge >= 0.3 is 0 Å². The van der Waals surface area contributed by atoms with Crippen molar-refractivity contribution in [3.05, 3.63) is 87.6 Å². The second-order valence-corrected chi connectivity index (χ2v) is 7.97. The van der Waals surface area contributed by atoms with Crippen LogP contribution in [0.1, 0.15) is 17.9 Å². The van der Waals surface area contributed by atoms with Gasteiger partial charge < -0.3 is 9.47 Å². The molecule has 0 aromatic heterocycles. The number of allylic oxidation sites excluding steroid dienone is 1. The average Bonchev–Trinajstić information content (AvgIpc) is 2.78. The highest BCUT2D eigenvalue weighted by Gasteiger charge is 2.30. The second kappa shape index (κ2) is 9.04. The summed E-state index contributed by atoms with van der Waals surface area (Å²) in [7, 11) is 1.26. The van der Waals surface area contributed by atoms with Crippen molar-refractivity contribution in [2.75, 3.05) is 13.7 Å². The predicted molar refractivity (Wildman–Crippen MR) is 116 cm³/mol. The van der Waals surface area contributed by atoms with E-state index >= 15 is 0 Å². The number of benzene rings is 3. The molecule has 0 amide bonds. The van der Waals surface area contributed by atoms with Crippen LogP contribution >= 0.6 is 23.2 Å². The van der Waals surface area contributed by atoms with E-state index in [0.29, 0.717) is 12.0 Å². The molecule has 0 saturated carbocycles. The highest BCUT2D eigenvalue weighted by molar-refractivity contribution is 6.36. The van der Waals surface area contributed by atoms with E-state index in [-0.39, 0.29) is 45.0 Å². The van der Waals surface area contributed by atoms with E-state index < -0.39 is 28.8 Å². The Morgan fingerprint density at radius 3 is 2.25 bits per heavy atom. The topological polar surface area (TPSA) is 18.5 Å². The minimum absolute atomic E-state index is 0.0499. The van der Waals surface area contributed by atoms with Crippen LogP contribution < -0.4 is 4.74 Å². The number of hydrogen-bond donors (Lipinski definition) is 0. The quantitative estimate of drug-likeness (QED) is 0.277. The Morgan fingerprint density at radius 2 is 1.62 bits per heavy atom. The first kappa shape index (κ1) is 22.5. The highest BCUT2D eigenvalue weighted by atomic mass is 35.5. The van der Waals surface area contributed by atoms with Gasteiger partial charge in [-0.25, -0.2) is 17.6 Å². The molecule has 8 heteroatoms. The molecule has 2 nitrogen and oxygen atoms in total. The lowest BCUT2D eigenvalue weighted by molar-refractivity contribution is 0.210. The summed E-state index contributed by atoms with van der Waals surface area (Å²) in [6, 6.07) is 6.97. The van der Waals surface area contributed by atoms with Crippen molar-refractivity contribution in [3.63, 3.8) is 0 Å². The van der Waals surface area contributed by atoms with E-state index in [0.717, 1.165) is 24.3 Å². The summed E-state index contributed by atoms with van der Waals surface area (Å²) in [4.78, 5) is 0. The van der Waals surface area contributed by atoms with Crippen LogP contribution in [0.4, 0.5) is 17.6 Å². The van der Waals surface area contributed by atoms with Crippen molar-refractivity contribution in [2.24, 2.45) is 0 Å². The van der Waals surface area contributed by atoms with E-state index in [2.05, 4.69) is 0 Å². The fourth-order valence-electron chi connectivity index (χ4n) is 3.86. The summed E-state index contributed by atoms with van der Waals surface area (Å²) in [5, 5.41) is -0.507. The summed E-state index contributed by atoms with van der Waals surface area (Å²) in [6.07, 6.45) is 3.73. The van der Waals surface area contributed by atoms with Gasteiger partial charge in [0, 0.05) is 17.0 Å². The van der Waals surface area contributed by atoms with Gasteiger partial charge in [0.25, 0.3) is 0 Å². The van der Waals surface area contributed by atoms with E-state index in [9.17, 15) is 17.6 Å². The summed E-state index contributed by atoms with van der Waals surface area (Å²) in [5.41, 5.74) is -0.438. The maximum atomic E-state index is 14.9. The molecule has 0 bridgehead atoms. The lowest BCUT2D eigenvalue weighted by Crippen LogP contribution is -2.12. The van der Waals surface area contributed by atoms with Gasteiger partial charge in [-0.3, -0.25) is 0 Å². The van der Waals surface area contributed by atoms with E-state index in [4.69, 9.17) is 32.7 Å². The largest absolute Gasteiger partial charge is 0.501 e. The molecule has 0 fully saturated rings. The number of ether oxygens (including phenoxy) is 2. The zero-order valence-corrected chi connectivity index (χ0v) is 18.2. The molecule has 1 aliphatic heterocycles. The highest BCUT2D eigenvalue weighted by Crippen LogP contribution is 2.50. The summed E-state index contributed by atoms with van der Waals surface area (Å²) < 4.78 is 70.0. The van der Waals surface area contributed by atoms with Crippen LogP contribution in [-0.4, -0.2) is 13.7 Å². The Labute approximate surface area is 192 Å². The third-order valence-electron chi connectivity index (χ3n) is 5.33. The van der Waals surface area contributed by atoms with Crippen molar-refractivity contribution in [3.8, 4) is 28.0 Å². The first-order valence-corrected chi connectivity index (χ1v) is 10.4. The molecular formula is C24H16Cl2F4O2. The molecule has 3 aromatic carbocycles. The first-order valence-electron chi connectivity index (χ1n) is 9.60. The van der Waals surface area contributed by atoms with Gasteiger partial charge in [-0.2, -0.15) is 0 Å². The smallest absolute Gasteiger partial charge is 0.152 e. The molecule has 0 spiro atoms. The Kier molecular flexibility index (Phi) is 6.35. The van der Waals surface area contributed by atoms with Gasteiger partial charge in [0.1, 0.15) is 23.2 Å². The molecule has 4 rings (SSSR count). The minimum Gasteiger partial charge on any atom is -0.501 e. The third kappa shape index (κ3) is 3.82. The van der Waals surface area contributed by atoms with Crippen LogP contribution in [0.2, 0.25) is 10.0 Å². The predicted octanol–water partition coefficient (Wildman–Crippen LogP) is 7.91. The average molecular weight is 483 g/mol. The van der Waals surface area contributed by atoms with Gasteiger partial charge in [0.05, 0.1) is 41.2 Å². The van der Waals surface area contributed by atoms with Crippen molar-refractivity contribution >= 4 is 23.2 Å². The van der Waals surface area contributed by atoms with Crippen LogP contribution in [0.5, 0.6) is 5.75 Å². The normalized spacial score (nSPS) is 15.5. The SMILES string of the molecule is COc1c(Cl)c(-c2c(F)ccc(Cl)c2F)cc(C2CC=COC2)c1-c1c(F)cccc1F. The molecule has 166 valence electrons. The van der Waals surface area contributed by atoms with Crippen LogP contribution in [-0.2, 0) is 4.74 Å². The molecule has 1 heterocycles. The van der Waals surface area contributed by atoms with Crippen LogP contribution in [0.25, 0.3) is 22.3 Å². The Hall–Kier alpha value is -2.70. The molecule has 1 unspecified atom stereocenters. The number of hydrogen-bond acceptors (Lipinski definition) is 2. The molecule has 0 radical (unpaired) electrons. The van der Waals surface area contributed by atoms with E-state index in [1.165, 1.54) is 25.5 Å². The minimum atomic E-state index is -1.01. The second-order valence-electron chi connectivity index (χ2n) is 7.19. The zero-order chi connectivity index (χ0) is 23.0. The van der Waals surface area contributed by atoms with E-state index in [1.54, 1.807) is 6.08 Å². The zero-order valence-electron chi connectivity index (χ0n) is 16.7. The first-order chi connectivity index (χ1) is 15.3. The van der Waals surface area contributed by atoms with E-state index in [1.807, 2.05) is 0 Å². The standard InChI is InChI=1S/C24H16Cl2F4O2/c1-31-24-20(21-16(27)5-2-6-17(21)28)13(12-4-3-9-32-11-12)10-14(22(24)26)19-18(29)8-7-15(25)23(19)30/h2-3,5-10,12H,4,11H2,1H3. The monoisotopic (exact) mass is 482 g/mol. The van der Waals surface area contributed by atoms with Gasteiger partial charge in [-0.1, -0.05) is 29.3 Å². The Morgan fingerprint density at radius 1 is 0.938 bits per heavy atom. The molecule has 1 atom stereocenters. The molecule has 0 N–H and O–H groups in total. The number of rotatable bonds is 4. The Bertz CT molecular complexity index is 1210. The molecule has 0 saturated heterocycles. The van der Waals surface area contributed by atoms with Crippen LogP contribution in [0.15, 0.2) is 48.7 Å². The lowest BCUT2D eigenvalue weighted by atomic mass is 9.84. The summed E-state index contributed by atoms with van der Waals surface area (Å²) >= 11 is 12.4. The molecule has 3 aromatic rings. The van der Waals surface area contributed by atoms with Crippen molar-refractivity contribution in [1.82, 2.24) is 0 Å².